The molecule has 7 heteroatoms. The van der Waals surface area contributed by atoms with Crippen LogP contribution in [0.5, 0.6) is 11.5 Å². The predicted octanol–water partition coefficient (Wildman–Crippen LogP) is 0.374. The van der Waals surface area contributed by atoms with Crippen molar-refractivity contribution in [2.24, 2.45) is 0 Å². The van der Waals surface area contributed by atoms with E-state index in [0.29, 0.717) is 17.2 Å². The van der Waals surface area contributed by atoms with Crippen LogP contribution in [0.1, 0.15) is 5.56 Å². The van der Waals surface area contributed by atoms with Crippen LogP contribution >= 0.6 is 0 Å². The molecule has 0 unspecified atom stereocenters. The van der Waals surface area contributed by atoms with Gasteiger partial charge in [0.2, 0.25) is 17.0 Å². The Hall–Kier alpha value is -2.78. The summed E-state index contributed by atoms with van der Waals surface area (Å²) in [6.45, 7) is 0. The summed E-state index contributed by atoms with van der Waals surface area (Å²) in [6.07, 6.45) is 0.248. The number of carbonyl (C=O) groups is 1. The maximum atomic E-state index is 12.1. The first-order valence-corrected chi connectivity index (χ1v) is 6.62. The summed E-state index contributed by atoms with van der Waals surface area (Å²) in [5.74, 6) is 0.536. The number of amides is 1. The van der Waals surface area contributed by atoms with Gasteiger partial charge in [0.1, 0.15) is 0 Å². The smallest absolute Gasteiger partial charge is 0.430 e. The minimum absolute atomic E-state index is 0. The molecule has 0 aromatic heterocycles. The van der Waals surface area contributed by atoms with Crippen molar-refractivity contribution in [2.45, 2.75) is 6.42 Å². The molecule has 2 aromatic rings. The molecule has 1 N–H and O–H groups in total. The van der Waals surface area contributed by atoms with E-state index in [0.717, 1.165) is 5.56 Å². The van der Waals surface area contributed by atoms with Crippen LogP contribution in [0.25, 0.3) is 4.98 Å². The van der Waals surface area contributed by atoms with Gasteiger partial charge in [-0.15, -0.1) is 0 Å². The Morgan fingerprint density at radius 1 is 1.13 bits per heavy atom. The molecule has 0 aliphatic rings. The highest BCUT2D eigenvalue weighted by atomic mass is 35.5. The monoisotopic (exact) mass is 333 g/mol. The number of benzene rings is 2. The zero-order chi connectivity index (χ0) is 15.9. The molecule has 0 bridgehead atoms. The largest absolute Gasteiger partial charge is 1.00 e. The van der Waals surface area contributed by atoms with E-state index in [1.165, 1.54) is 20.3 Å². The topological polar surface area (TPSA) is 75.7 Å². The standard InChI is InChI=1S/C16H15N3O3.ClH/c1-21-14-10-13(19-17)15(22-2)9-12(14)18-16(20)8-11-6-4-3-5-7-11;/h3-7,9-10H,8H2,1-2H3;1H. The first kappa shape index (κ1) is 18.3. The molecular weight excluding hydrogens is 318 g/mol. The van der Waals surface area contributed by atoms with Crippen LogP contribution in [0.4, 0.5) is 11.4 Å². The van der Waals surface area contributed by atoms with E-state index < -0.39 is 0 Å². The first-order chi connectivity index (χ1) is 10.7. The lowest BCUT2D eigenvalue weighted by molar-refractivity contribution is -0.115. The highest BCUT2D eigenvalue weighted by molar-refractivity contribution is 5.94. The second-order valence-electron chi connectivity index (χ2n) is 4.53. The average molecular weight is 334 g/mol. The van der Waals surface area contributed by atoms with Crippen molar-refractivity contribution in [1.29, 1.82) is 5.39 Å². The fraction of sp³-hybridized carbons (Fsp3) is 0.188. The van der Waals surface area contributed by atoms with Gasteiger partial charge in [0, 0.05) is 6.07 Å². The molecule has 0 radical (unpaired) electrons. The maximum Gasteiger partial charge on any atom is 0.430 e. The number of hydrogen-bond acceptors (Lipinski definition) is 4. The summed E-state index contributed by atoms with van der Waals surface area (Å²) in [5, 5.41) is 11.7. The average Bonchev–Trinajstić information content (AvgIpc) is 2.55. The van der Waals surface area contributed by atoms with Gasteiger partial charge in [-0.25, -0.2) is 0 Å². The van der Waals surface area contributed by atoms with Crippen LogP contribution in [0.3, 0.4) is 0 Å². The summed E-state index contributed by atoms with van der Waals surface area (Å²) < 4.78 is 10.3. The van der Waals surface area contributed by atoms with Gasteiger partial charge in [-0.3, -0.25) is 4.79 Å². The first-order valence-electron chi connectivity index (χ1n) is 6.62. The Morgan fingerprint density at radius 2 is 1.78 bits per heavy atom. The van der Waals surface area contributed by atoms with Crippen LogP contribution in [0.2, 0.25) is 0 Å². The van der Waals surface area contributed by atoms with Crippen LogP contribution in [0, 0.1) is 5.39 Å². The summed E-state index contributed by atoms with van der Waals surface area (Å²) >= 11 is 0. The molecule has 0 atom stereocenters. The van der Waals surface area contributed by atoms with Crippen LogP contribution in [-0.2, 0) is 11.2 Å². The Kier molecular flexibility index (Phi) is 6.84. The molecule has 0 aliphatic carbocycles. The van der Waals surface area contributed by atoms with Crippen molar-refractivity contribution in [3.8, 4) is 11.5 Å². The molecule has 0 saturated heterocycles. The van der Waals surface area contributed by atoms with Gasteiger partial charge in [0.15, 0.2) is 10.7 Å². The van der Waals surface area contributed by atoms with Crippen molar-refractivity contribution < 1.29 is 26.7 Å². The molecule has 0 heterocycles. The highest BCUT2D eigenvalue weighted by Gasteiger charge is 2.21. The van der Waals surface area contributed by atoms with E-state index in [2.05, 4.69) is 10.3 Å². The van der Waals surface area contributed by atoms with E-state index in [1.54, 1.807) is 6.07 Å². The molecule has 23 heavy (non-hydrogen) atoms. The van der Waals surface area contributed by atoms with Gasteiger partial charge >= 0.3 is 5.69 Å². The Bertz CT molecular complexity index is 715. The lowest BCUT2D eigenvalue weighted by Crippen LogP contribution is -3.00. The molecular formula is C16H16ClN3O3. The van der Waals surface area contributed by atoms with Crippen molar-refractivity contribution in [1.82, 2.24) is 0 Å². The molecule has 2 aromatic carbocycles. The minimum atomic E-state index is -0.180. The van der Waals surface area contributed by atoms with Crippen molar-refractivity contribution in [3.05, 3.63) is 53.0 Å². The van der Waals surface area contributed by atoms with Crippen molar-refractivity contribution in [2.75, 3.05) is 19.5 Å². The third kappa shape index (κ3) is 4.59. The number of nitrogens with zero attached hydrogens (tertiary/aromatic N) is 2. The zero-order valence-corrected chi connectivity index (χ0v) is 13.5. The highest BCUT2D eigenvalue weighted by Crippen LogP contribution is 2.38. The van der Waals surface area contributed by atoms with Crippen LogP contribution in [0.15, 0.2) is 42.5 Å². The van der Waals surface area contributed by atoms with E-state index in [4.69, 9.17) is 14.9 Å². The second kappa shape index (κ2) is 8.61. The van der Waals surface area contributed by atoms with E-state index >= 15 is 0 Å². The van der Waals surface area contributed by atoms with Gasteiger partial charge in [0.05, 0.1) is 32.4 Å². The summed E-state index contributed by atoms with van der Waals surface area (Å²) in [7, 11) is 2.92. The number of nitrogens with one attached hydrogen (secondary N) is 1. The summed E-state index contributed by atoms with van der Waals surface area (Å²) in [5.41, 5.74) is 1.58. The van der Waals surface area contributed by atoms with Gasteiger partial charge < -0.3 is 27.2 Å². The number of anilines is 1. The Balaban J connectivity index is 0.00000264. The number of halogens is 1. The third-order valence-corrected chi connectivity index (χ3v) is 3.09. The molecule has 0 aliphatic heterocycles. The van der Waals surface area contributed by atoms with Crippen molar-refractivity contribution in [3.63, 3.8) is 0 Å². The number of hydrogen-bond donors (Lipinski definition) is 1. The molecule has 2 rings (SSSR count). The number of rotatable bonds is 5. The van der Waals surface area contributed by atoms with Crippen LogP contribution < -0.4 is 27.2 Å². The lowest BCUT2D eigenvalue weighted by Gasteiger charge is -2.10. The summed E-state index contributed by atoms with van der Waals surface area (Å²) in [6, 6.07) is 12.4. The fourth-order valence-electron chi connectivity index (χ4n) is 2.03. The van der Waals surface area contributed by atoms with Crippen molar-refractivity contribution >= 4 is 17.3 Å². The second-order valence-corrected chi connectivity index (χ2v) is 4.53. The zero-order valence-electron chi connectivity index (χ0n) is 12.7. The molecule has 1 amide bonds. The fourth-order valence-corrected chi connectivity index (χ4v) is 2.03. The number of diazo groups is 1. The molecule has 0 spiro atoms. The number of methoxy groups -OCH3 is 2. The minimum Gasteiger partial charge on any atom is -1.00 e. The maximum absolute atomic E-state index is 12.1. The van der Waals surface area contributed by atoms with Gasteiger partial charge in [-0.1, -0.05) is 30.3 Å². The number of carbonyl (C=O) groups excluding carboxylic acids is 1. The van der Waals surface area contributed by atoms with Crippen LogP contribution in [-0.4, -0.2) is 20.1 Å². The van der Waals surface area contributed by atoms with E-state index in [9.17, 15) is 4.79 Å². The quantitative estimate of drug-likeness (QED) is 0.802. The Labute approximate surface area is 140 Å². The Morgan fingerprint density at radius 3 is 2.35 bits per heavy atom. The van der Waals surface area contributed by atoms with E-state index in [-0.39, 0.29) is 30.4 Å². The van der Waals surface area contributed by atoms with Gasteiger partial charge in [-0.2, -0.15) is 0 Å². The predicted molar refractivity (Wildman–Crippen MR) is 83.1 cm³/mol. The molecule has 6 nitrogen and oxygen atoms in total. The van der Waals surface area contributed by atoms with E-state index in [1.807, 2.05) is 30.3 Å². The number of ether oxygens (including phenoxy) is 2. The SMILES string of the molecule is COc1cc(NC(=O)Cc2ccccc2)c(OC)cc1[N+]#N.[Cl-]. The molecule has 0 saturated carbocycles. The molecule has 120 valence electrons. The third-order valence-electron chi connectivity index (χ3n) is 3.09. The van der Waals surface area contributed by atoms with Gasteiger partial charge in [-0.05, 0) is 5.56 Å². The molecule has 0 fully saturated rings. The lowest BCUT2D eigenvalue weighted by atomic mass is 10.1. The van der Waals surface area contributed by atoms with Gasteiger partial charge in [0.25, 0.3) is 0 Å². The normalized spacial score (nSPS) is 9.26. The summed E-state index contributed by atoms with van der Waals surface area (Å²) in [4.78, 5) is 15.2.